The molecule has 6 N–H and O–H groups in total. The molecule has 0 saturated carbocycles. The Morgan fingerprint density at radius 1 is 0.943 bits per heavy atom. The van der Waals surface area contributed by atoms with Crippen molar-refractivity contribution in [1.82, 2.24) is 31.5 Å². The number of aromatic nitrogens is 2. The summed E-state index contributed by atoms with van der Waals surface area (Å²) in [6, 6.07) is 20.4. The molecule has 12 nitrogen and oxygen atoms in total. The second-order valence-electron chi connectivity index (χ2n) is 14.2. The largest absolute Gasteiger partial charge is 0.497 e. The lowest BCUT2D eigenvalue weighted by atomic mass is 9.85. The molecule has 0 fully saturated rings. The Morgan fingerprint density at radius 3 is 2.30 bits per heavy atom. The van der Waals surface area contributed by atoms with Crippen molar-refractivity contribution in [3.05, 3.63) is 106 Å². The van der Waals surface area contributed by atoms with Crippen LogP contribution >= 0.6 is 23.1 Å². The van der Waals surface area contributed by atoms with Crippen molar-refractivity contribution in [3.63, 3.8) is 0 Å². The maximum absolute atomic E-state index is 14.2. The van der Waals surface area contributed by atoms with Crippen LogP contribution in [-0.4, -0.2) is 81.3 Å². The average Bonchev–Trinajstić information content (AvgIpc) is 3.70. The number of fused-ring (bicyclic) bond motifs is 1. The number of ether oxygens (including phenoxy) is 1. The predicted octanol–water partition coefficient (Wildman–Crippen LogP) is 3.50. The van der Waals surface area contributed by atoms with Crippen molar-refractivity contribution in [1.29, 1.82) is 0 Å². The van der Waals surface area contributed by atoms with E-state index in [1.165, 1.54) is 23.1 Å². The quantitative estimate of drug-likeness (QED) is 0.0929. The molecule has 4 aromatic rings. The first-order chi connectivity index (χ1) is 25.3. The van der Waals surface area contributed by atoms with E-state index in [-0.39, 0.29) is 24.6 Å². The maximum atomic E-state index is 14.2. The molecule has 3 amide bonds. The van der Waals surface area contributed by atoms with E-state index < -0.39 is 53.6 Å². The van der Waals surface area contributed by atoms with E-state index in [0.29, 0.717) is 16.5 Å². The number of rotatable bonds is 16. The molecule has 1 aliphatic rings. The van der Waals surface area contributed by atoms with Crippen molar-refractivity contribution in [2.24, 2.45) is 5.41 Å². The number of aliphatic hydroxyl groups is 2. The van der Waals surface area contributed by atoms with Gasteiger partial charge >= 0.3 is 0 Å². The summed E-state index contributed by atoms with van der Waals surface area (Å²) in [6.45, 7) is 7.58. The first-order valence-corrected chi connectivity index (χ1v) is 19.3. The van der Waals surface area contributed by atoms with Crippen molar-refractivity contribution >= 4 is 40.8 Å². The fourth-order valence-electron chi connectivity index (χ4n) is 6.30. The highest BCUT2D eigenvalue weighted by Crippen LogP contribution is 2.31. The zero-order valence-electron chi connectivity index (χ0n) is 30.5. The number of carbonyl (C=O) groups excluding carboxylic acids is 3. The Hall–Kier alpha value is -4.34. The second kappa shape index (κ2) is 18.1. The van der Waals surface area contributed by atoms with Gasteiger partial charge in [0.2, 0.25) is 17.7 Å². The third-order valence-corrected chi connectivity index (χ3v) is 11.1. The van der Waals surface area contributed by atoms with Crippen LogP contribution in [-0.2, 0) is 33.8 Å². The minimum absolute atomic E-state index is 0.0399. The van der Waals surface area contributed by atoms with Crippen LogP contribution in [0.15, 0.2) is 83.2 Å². The highest BCUT2D eigenvalue weighted by atomic mass is 32.2. The number of nitrogens with one attached hydrogen (secondary N) is 4. The van der Waals surface area contributed by atoms with Crippen molar-refractivity contribution in [2.75, 3.05) is 12.9 Å². The molecule has 5 rings (SSSR count). The van der Waals surface area contributed by atoms with Crippen LogP contribution in [0.5, 0.6) is 5.75 Å². The summed E-state index contributed by atoms with van der Waals surface area (Å²) in [6.07, 6.45) is -1.72. The van der Waals surface area contributed by atoms with Crippen LogP contribution in [0, 0.1) is 12.3 Å². The number of hydrogen-bond donors (Lipinski definition) is 6. The van der Waals surface area contributed by atoms with E-state index in [1.54, 1.807) is 19.2 Å². The second-order valence-corrected chi connectivity index (χ2v) is 16.6. The molecular formula is C39H48N6O6S2. The Labute approximate surface area is 318 Å². The van der Waals surface area contributed by atoms with Gasteiger partial charge in [-0.25, -0.2) is 0 Å². The lowest BCUT2D eigenvalue weighted by Crippen LogP contribution is -2.62. The number of benzene rings is 3. The fraction of sp³-hybridized carbons (Fsp3) is 0.410. The number of amides is 3. The third-order valence-electron chi connectivity index (χ3n) is 9.12. The lowest BCUT2D eigenvalue weighted by molar-refractivity contribution is -0.133. The average molecular weight is 761 g/mol. The maximum Gasteiger partial charge on any atom is 0.243 e. The molecule has 1 aliphatic carbocycles. The van der Waals surface area contributed by atoms with Gasteiger partial charge in [-0.1, -0.05) is 111 Å². The first kappa shape index (κ1) is 39.9. The number of hydrogen-bond acceptors (Lipinski definition) is 11. The van der Waals surface area contributed by atoms with Gasteiger partial charge in [0.15, 0.2) is 4.34 Å². The fourth-order valence-corrected chi connectivity index (χ4v) is 7.92. The zero-order chi connectivity index (χ0) is 38.1. The Kier molecular flexibility index (Phi) is 13.6. The summed E-state index contributed by atoms with van der Waals surface area (Å²) in [7, 11) is 1.58. The summed E-state index contributed by atoms with van der Waals surface area (Å²) in [5.41, 5.74) is 2.71. The summed E-state index contributed by atoms with van der Waals surface area (Å²) in [5, 5.41) is 44.1. The molecule has 0 aliphatic heterocycles. The molecule has 6 atom stereocenters. The molecule has 0 saturated heterocycles. The molecule has 0 radical (unpaired) electrons. The number of nitrogens with zero attached hydrogens (tertiary/aromatic N) is 2. The molecule has 0 spiro atoms. The molecule has 0 unspecified atom stereocenters. The van der Waals surface area contributed by atoms with E-state index in [0.717, 1.165) is 27.3 Å². The summed E-state index contributed by atoms with van der Waals surface area (Å²) >= 11 is 2.62. The SMILES string of the molecule is COc1ccc(CN[C@@H](C(=O)N[C@H]2c3ccccc3C[C@H]2O)[C@@H](O)[C@H](Cc2ccccc2)NC(=O)[C@@H](NC(=O)CSc2nnc(C)s2)C(C)(C)C)cc1. The standard InChI is InChI=1S/C39H48N6O6S2/c1-23-44-45-38(53-23)52-22-31(47)42-35(39(2,3)4)37(50)41-29(19-24-11-7-6-8-12-24)34(48)33(40-21-25-15-17-27(51-5)18-16-25)36(49)43-32-28-14-10-9-13-26(28)20-30(32)46/h6-18,29-30,32-35,40,46,48H,19-22H2,1-5H3,(H,41,50)(H,42,47)(H,43,49)/t29-,30+,32-,33+,34-,35+/m0/s1. The number of aryl methyl sites for hydroxylation is 1. The molecule has 282 valence electrons. The van der Waals surface area contributed by atoms with E-state index in [2.05, 4.69) is 31.5 Å². The van der Waals surface area contributed by atoms with Crippen molar-refractivity contribution < 1.29 is 29.3 Å². The summed E-state index contributed by atoms with van der Waals surface area (Å²) in [5.74, 6) is -0.678. The molecule has 1 heterocycles. The van der Waals surface area contributed by atoms with Crippen LogP contribution in [0.3, 0.4) is 0 Å². The molecule has 3 aromatic carbocycles. The van der Waals surface area contributed by atoms with Gasteiger partial charge in [0.05, 0.1) is 37.2 Å². The zero-order valence-corrected chi connectivity index (χ0v) is 32.2. The molecule has 1 aromatic heterocycles. The van der Waals surface area contributed by atoms with Gasteiger partial charge in [0, 0.05) is 13.0 Å². The van der Waals surface area contributed by atoms with E-state index in [9.17, 15) is 24.6 Å². The van der Waals surface area contributed by atoms with E-state index in [4.69, 9.17) is 4.74 Å². The number of methoxy groups -OCH3 is 1. The number of aliphatic hydroxyl groups excluding tert-OH is 2. The molecular weight excluding hydrogens is 713 g/mol. The van der Waals surface area contributed by atoms with Gasteiger partial charge in [-0.15, -0.1) is 10.2 Å². The predicted molar refractivity (Wildman–Crippen MR) is 205 cm³/mol. The Morgan fingerprint density at radius 2 is 1.64 bits per heavy atom. The van der Waals surface area contributed by atoms with Gasteiger partial charge in [0.25, 0.3) is 0 Å². The van der Waals surface area contributed by atoms with Crippen LogP contribution < -0.4 is 26.0 Å². The van der Waals surface area contributed by atoms with Gasteiger partial charge < -0.3 is 30.9 Å². The third kappa shape index (κ3) is 10.9. The number of carbonyl (C=O) groups is 3. The summed E-state index contributed by atoms with van der Waals surface area (Å²) < 4.78 is 5.94. The van der Waals surface area contributed by atoms with Crippen LogP contribution in [0.25, 0.3) is 0 Å². The highest BCUT2D eigenvalue weighted by molar-refractivity contribution is 8.01. The van der Waals surface area contributed by atoms with E-state index in [1.807, 2.05) is 94.4 Å². The van der Waals surface area contributed by atoms with Crippen LogP contribution in [0.2, 0.25) is 0 Å². The van der Waals surface area contributed by atoms with Crippen LogP contribution in [0.1, 0.15) is 54.1 Å². The lowest BCUT2D eigenvalue weighted by Gasteiger charge is -2.35. The topological polar surface area (TPSA) is 175 Å². The normalized spacial score (nSPS) is 17.6. The van der Waals surface area contributed by atoms with Crippen molar-refractivity contribution in [2.45, 2.75) is 87.8 Å². The van der Waals surface area contributed by atoms with E-state index >= 15 is 0 Å². The number of thioether (sulfide) groups is 1. The molecule has 0 bridgehead atoms. The monoisotopic (exact) mass is 760 g/mol. The van der Waals surface area contributed by atoms with Crippen LogP contribution in [0.4, 0.5) is 0 Å². The first-order valence-electron chi connectivity index (χ1n) is 17.5. The Balaban J connectivity index is 1.40. The van der Waals surface area contributed by atoms with Gasteiger partial charge in [-0.05, 0) is 53.1 Å². The molecule has 53 heavy (non-hydrogen) atoms. The molecule has 14 heteroatoms. The van der Waals surface area contributed by atoms with Crippen molar-refractivity contribution in [3.8, 4) is 5.75 Å². The summed E-state index contributed by atoms with van der Waals surface area (Å²) in [4.78, 5) is 41.5. The highest BCUT2D eigenvalue weighted by Gasteiger charge is 2.40. The Bertz CT molecular complexity index is 1830. The minimum atomic E-state index is -1.45. The minimum Gasteiger partial charge on any atom is -0.497 e. The van der Waals surface area contributed by atoms with Gasteiger partial charge in [-0.2, -0.15) is 0 Å². The van der Waals surface area contributed by atoms with Gasteiger partial charge in [-0.3, -0.25) is 19.7 Å². The van der Waals surface area contributed by atoms with Gasteiger partial charge in [0.1, 0.15) is 22.8 Å². The smallest absolute Gasteiger partial charge is 0.243 e.